The van der Waals surface area contributed by atoms with Crippen LogP contribution in [0.5, 0.6) is 5.75 Å². The van der Waals surface area contributed by atoms with E-state index in [0.717, 1.165) is 24.5 Å². The van der Waals surface area contributed by atoms with E-state index in [1.54, 1.807) is 11.1 Å². The first-order valence-corrected chi connectivity index (χ1v) is 9.58. The monoisotopic (exact) mass is 384 g/mol. The minimum absolute atomic E-state index is 0.0323. The van der Waals surface area contributed by atoms with Gasteiger partial charge >= 0.3 is 0 Å². The van der Waals surface area contributed by atoms with Crippen LogP contribution in [0.4, 0.5) is 17.5 Å². The normalized spacial score (nSPS) is 15.1. The molecule has 1 atom stereocenters. The maximum absolute atomic E-state index is 13.2. The van der Waals surface area contributed by atoms with E-state index >= 15 is 0 Å². The molecule has 28 heavy (non-hydrogen) atoms. The van der Waals surface area contributed by atoms with E-state index in [9.17, 15) is 4.79 Å². The lowest BCUT2D eigenvalue weighted by atomic mass is 10.2. The summed E-state index contributed by atoms with van der Waals surface area (Å²) >= 11 is 0. The molecule has 0 fully saturated rings. The molecule has 1 amide bonds. The van der Waals surface area contributed by atoms with E-state index in [0.29, 0.717) is 30.4 Å². The van der Waals surface area contributed by atoms with Crippen molar-refractivity contribution in [2.75, 3.05) is 55.4 Å². The zero-order chi connectivity index (χ0) is 20.1. The van der Waals surface area contributed by atoms with Gasteiger partial charge in [-0.15, -0.1) is 0 Å². The summed E-state index contributed by atoms with van der Waals surface area (Å²) in [5.74, 6) is 1.81. The summed E-state index contributed by atoms with van der Waals surface area (Å²) in [6.07, 6.45) is 1.64. The summed E-state index contributed by atoms with van der Waals surface area (Å²) in [5.41, 5.74) is 1.30. The number of nitrogens with zero attached hydrogens (tertiary/aromatic N) is 4. The fourth-order valence-electron chi connectivity index (χ4n) is 3.19. The molecule has 2 N–H and O–H groups in total. The maximum Gasteiger partial charge on any atom is 0.263 e. The average molecular weight is 384 g/mol. The number of fused-ring (bicyclic) bond motifs is 1. The van der Waals surface area contributed by atoms with Gasteiger partial charge in [0.2, 0.25) is 5.95 Å². The Morgan fingerprint density at radius 1 is 1.32 bits per heavy atom. The molecule has 1 aliphatic rings. The number of carbonyl (C=O) groups is 1. The van der Waals surface area contributed by atoms with Crippen LogP contribution in [0.25, 0.3) is 0 Å². The summed E-state index contributed by atoms with van der Waals surface area (Å²) < 4.78 is 5.94. The molecule has 2 aromatic rings. The fraction of sp³-hybridized carbons (Fsp3) is 0.450. The Labute approximate surface area is 165 Å². The van der Waals surface area contributed by atoms with Gasteiger partial charge in [0.25, 0.3) is 5.91 Å². The summed E-state index contributed by atoms with van der Waals surface area (Å²) in [4.78, 5) is 25.8. The molecule has 8 nitrogen and oxygen atoms in total. The summed E-state index contributed by atoms with van der Waals surface area (Å²) in [6.45, 7) is 6.68. The summed E-state index contributed by atoms with van der Waals surface area (Å²) in [5, 5.41) is 6.19. The zero-order valence-corrected chi connectivity index (χ0v) is 16.9. The maximum atomic E-state index is 13.2. The van der Waals surface area contributed by atoms with Crippen molar-refractivity contribution in [2.45, 2.75) is 20.0 Å². The van der Waals surface area contributed by atoms with Gasteiger partial charge in [-0.25, -0.2) is 4.98 Å². The van der Waals surface area contributed by atoms with Gasteiger partial charge in [-0.3, -0.25) is 4.79 Å². The predicted molar refractivity (Wildman–Crippen MR) is 112 cm³/mol. The van der Waals surface area contributed by atoms with Gasteiger partial charge in [-0.2, -0.15) is 4.98 Å². The van der Waals surface area contributed by atoms with Crippen LogP contribution in [0.15, 0.2) is 30.5 Å². The molecular formula is C20H28N6O2. The van der Waals surface area contributed by atoms with E-state index in [1.165, 1.54) is 0 Å². The lowest BCUT2D eigenvalue weighted by Crippen LogP contribution is -2.33. The molecule has 0 aliphatic carbocycles. The number of hydrogen-bond donors (Lipinski definition) is 2. The number of aromatic nitrogens is 2. The van der Waals surface area contributed by atoms with E-state index in [1.807, 2.05) is 57.1 Å². The number of benzene rings is 1. The Balaban J connectivity index is 1.88. The highest BCUT2D eigenvalue weighted by Crippen LogP contribution is 2.28. The molecule has 1 aromatic heterocycles. The third-order valence-electron chi connectivity index (χ3n) is 4.56. The van der Waals surface area contributed by atoms with Gasteiger partial charge in [0.15, 0.2) is 0 Å². The van der Waals surface area contributed by atoms with Crippen LogP contribution < -0.4 is 25.2 Å². The Hall–Kier alpha value is -2.87. The summed E-state index contributed by atoms with van der Waals surface area (Å²) in [7, 11) is 3.83. The lowest BCUT2D eigenvalue weighted by Gasteiger charge is -2.22. The Morgan fingerprint density at radius 3 is 2.89 bits per heavy atom. The first-order chi connectivity index (χ1) is 13.5. The fourth-order valence-corrected chi connectivity index (χ4v) is 3.19. The van der Waals surface area contributed by atoms with Crippen molar-refractivity contribution in [1.29, 1.82) is 0 Å². The van der Waals surface area contributed by atoms with Gasteiger partial charge in [0, 0.05) is 51.2 Å². The molecule has 0 radical (unpaired) electrons. The molecule has 0 bridgehead atoms. The second-order valence-corrected chi connectivity index (χ2v) is 6.82. The first-order valence-electron chi connectivity index (χ1n) is 9.58. The van der Waals surface area contributed by atoms with Crippen LogP contribution in [0.3, 0.4) is 0 Å². The number of rotatable bonds is 7. The Bertz CT molecular complexity index is 828. The molecule has 150 valence electrons. The minimum Gasteiger partial charge on any atom is -0.489 e. The van der Waals surface area contributed by atoms with Crippen molar-refractivity contribution >= 4 is 23.4 Å². The molecule has 3 rings (SSSR count). The molecule has 2 heterocycles. The van der Waals surface area contributed by atoms with Gasteiger partial charge in [0.1, 0.15) is 23.2 Å². The van der Waals surface area contributed by atoms with Crippen molar-refractivity contribution < 1.29 is 9.53 Å². The average Bonchev–Trinajstić information content (AvgIpc) is 2.79. The van der Waals surface area contributed by atoms with Gasteiger partial charge in [0.05, 0.1) is 0 Å². The van der Waals surface area contributed by atoms with Gasteiger partial charge < -0.3 is 25.2 Å². The van der Waals surface area contributed by atoms with Crippen molar-refractivity contribution in [3.8, 4) is 5.75 Å². The number of anilines is 3. The van der Waals surface area contributed by atoms with Crippen LogP contribution >= 0.6 is 0 Å². The number of amides is 1. The highest BCUT2D eigenvalue weighted by Gasteiger charge is 2.28. The van der Waals surface area contributed by atoms with Crippen molar-refractivity contribution in [3.05, 3.63) is 36.0 Å². The molecule has 1 aliphatic heterocycles. The molecule has 1 aromatic carbocycles. The highest BCUT2D eigenvalue weighted by molar-refractivity contribution is 6.09. The third kappa shape index (κ3) is 4.33. The number of ether oxygens (including phenoxy) is 1. The van der Waals surface area contributed by atoms with Crippen LogP contribution in [-0.2, 0) is 0 Å². The van der Waals surface area contributed by atoms with Crippen molar-refractivity contribution in [2.24, 2.45) is 0 Å². The number of carbonyl (C=O) groups excluding carboxylic acids is 1. The second-order valence-electron chi connectivity index (χ2n) is 6.82. The molecule has 0 saturated heterocycles. The number of likely N-dealkylation sites (N-methyl/N-ethyl adjacent to an activating group) is 2. The summed E-state index contributed by atoms with van der Waals surface area (Å²) in [6, 6.07) is 7.64. The third-order valence-corrected chi connectivity index (χ3v) is 4.56. The van der Waals surface area contributed by atoms with E-state index in [4.69, 9.17) is 4.74 Å². The van der Waals surface area contributed by atoms with Crippen LogP contribution in [0, 0.1) is 0 Å². The minimum atomic E-state index is -0.108. The van der Waals surface area contributed by atoms with E-state index in [2.05, 4.69) is 20.6 Å². The standard InChI is InChI=1S/C20H28N6O2/c1-5-22-20-23-13-17-18(24-20)25(4)9-10-26(19(17)27)15-7-6-8-16(11-15)28-14(2)12-21-3/h6-8,11,13-14,21H,5,9-10,12H2,1-4H3,(H,22,23,24). The zero-order valence-electron chi connectivity index (χ0n) is 16.9. The Kier molecular flexibility index (Phi) is 6.30. The largest absolute Gasteiger partial charge is 0.489 e. The SMILES string of the molecule is CCNc1ncc2c(n1)N(C)CCN(c1cccc(OC(C)CNC)c1)C2=O. The lowest BCUT2D eigenvalue weighted by molar-refractivity contribution is 0.0989. The van der Waals surface area contributed by atoms with Crippen LogP contribution in [-0.4, -0.2) is 62.3 Å². The number of hydrogen-bond acceptors (Lipinski definition) is 7. The Morgan fingerprint density at radius 2 is 2.14 bits per heavy atom. The smallest absolute Gasteiger partial charge is 0.263 e. The van der Waals surface area contributed by atoms with Gasteiger partial charge in [-0.1, -0.05) is 6.07 Å². The molecule has 0 spiro atoms. The van der Waals surface area contributed by atoms with Crippen molar-refractivity contribution in [1.82, 2.24) is 15.3 Å². The highest BCUT2D eigenvalue weighted by atomic mass is 16.5. The van der Waals surface area contributed by atoms with Gasteiger partial charge in [-0.05, 0) is 33.0 Å². The van der Waals surface area contributed by atoms with Crippen LogP contribution in [0.2, 0.25) is 0 Å². The predicted octanol–water partition coefficient (Wildman–Crippen LogP) is 1.99. The molecule has 8 heteroatoms. The van der Waals surface area contributed by atoms with Crippen LogP contribution in [0.1, 0.15) is 24.2 Å². The van der Waals surface area contributed by atoms with Crippen molar-refractivity contribution in [3.63, 3.8) is 0 Å². The number of nitrogens with one attached hydrogen (secondary N) is 2. The molecule has 1 unspecified atom stereocenters. The topological polar surface area (TPSA) is 82.6 Å². The molecular weight excluding hydrogens is 356 g/mol. The first kappa shape index (κ1) is 19.9. The van der Waals surface area contributed by atoms with E-state index in [-0.39, 0.29) is 12.0 Å². The van der Waals surface area contributed by atoms with E-state index < -0.39 is 0 Å². The second kappa shape index (κ2) is 8.88. The molecule has 0 saturated carbocycles. The quantitative estimate of drug-likeness (QED) is 0.755.